The summed E-state index contributed by atoms with van der Waals surface area (Å²) in [7, 11) is -3.47. The van der Waals surface area contributed by atoms with E-state index in [-0.39, 0.29) is 11.7 Å². The first-order valence-electron chi connectivity index (χ1n) is 9.68. The van der Waals surface area contributed by atoms with Gasteiger partial charge in [0.2, 0.25) is 5.91 Å². The number of amides is 1. The van der Waals surface area contributed by atoms with Gasteiger partial charge in [-0.05, 0) is 54.9 Å². The molecule has 0 saturated carbocycles. The van der Waals surface area contributed by atoms with E-state index in [1.54, 1.807) is 23.1 Å². The summed E-state index contributed by atoms with van der Waals surface area (Å²) in [4.78, 5) is 14.2. The molecule has 0 spiro atoms. The Labute approximate surface area is 176 Å². The number of rotatable bonds is 7. The summed E-state index contributed by atoms with van der Waals surface area (Å²) in [6.45, 7) is 1.31. The van der Waals surface area contributed by atoms with Crippen molar-refractivity contribution < 1.29 is 13.2 Å². The van der Waals surface area contributed by atoms with Crippen LogP contribution in [0.5, 0.6) is 0 Å². The van der Waals surface area contributed by atoms with Gasteiger partial charge in [0.25, 0.3) is 0 Å². The quantitative estimate of drug-likeness (QED) is 0.616. The van der Waals surface area contributed by atoms with Crippen molar-refractivity contribution in [3.8, 4) is 0 Å². The second kappa shape index (κ2) is 9.70. The van der Waals surface area contributed by atoms with Crippen LogP contribution in [0.1, 0.15) is 30.4 Å². The molecule has 4 nitrogen and oxygen atoms in total. The fourth-order valence-electron chi connectivity index (χ4n) is 3.70. The molecule has 0 bridgehead atoms. The van der Waals surface area contributed by atoms with Gasteiger partial charge in [0.15, 0.2) is 9.84 Å². The first kappa shape index (κ1) is 21.1. The maximum absolute atomic E-state index is 12.5. The number of carbonyl (C=O) groups is 1. The zero-order valence-corrected chi connectivity index (χ0v) is 18.3. The third-order valence-corrected chi connectivity index (χ3v) is 7.22. The summed E-state index contributed by atoms with van der Waals surface area (Å²) in [5, 5.41) is 0. The Morgan fingerprint density at radius 3 is 2.36 bits per heavy atom. The van der Waals surface area contributed by atoms with Crippen LogP contribution in [0.15, 0.2) is 59.1 Å². The van der Waals surface area contributed by atoms with E-state index < -0.39 is 15.6 Å². The van der Waals surface area contributed by atoms with E-state index in [1.165, 1.54) is 5.56 Å². The van der Waals surface area contributed by atoms with Crippen LogP contribution >= 0.6 is 15.9 Å². The Morgan fingerprint density at radius 1 is 1.00 bits per heavy atom. The van der Waals surface area contributed by atoms with Crippen LogP contribution in [-0.2, 0) is 26.8 Å². The molecule has 1 heterocycles. The van der Waals surface area contributed by atoms with Gasteiger partial charge in [-0.1, -0.05) is 58.4 Å². The number of carbonyl (C=O) groups excluding carboxylic acids is 1. The molecule has 0 radical (unpaired) electrons. The molecule has 0 aliphatic carbocycles. The maximum atomic E-state index is 12.5. The van der Waals surface area contributed by atoms with Gasteiger partial charge >= 0.3 is 0 Å². The number of sulfone groups is 1. The molecule has 1 saturated heterocycles. The van der Waals surface area contributed by atoms with Gasteiger partial charge in [-0.25, -0.2) is 8.42 Å². The number of hydrogen-bond acceptors (Lipinski definition) is 3. The van der Waals surface area contributed by atoms with Crippen molar-refractivity contribution >= 4 is 31.7 Å². The van der Waals surface area contributed by atoms with Crippen LogP contribution in [0.3, 0.4) is 0 Å². The second-order valence-electron chi connectivity index (χ2n) is 7.51. The number of aryl methyl sites for hydroxylation is 1. The molecular formula is C22H26BrNO3S. The van der Waals surface area contributed by atoms with Gasteiger partial charge in [-0.3, -0.25) is 4.79 Å². The highest BCUT2D eigenvalue weighted by molar-refractivity contribution is 9.10. The van der Waals surface area contributed by atoms with Crippen LogP contribution in [0.2, 0.25) is 0 Å². The predicted molar refractivity (Wildman–Crippen MR) is 116 cm³/mol. The lowest BCUT2D eigenvalue weighted by molar-refractivity contribution is -0.129. The monoisotopic (exact) mass is 463 g/mol. The Balaban J connectivity index is 1.45. The molecule has 1 fully saturated rings. The number of likely N-dealkylation sites (tertiary alicyclic amines) is 1. The zero-order valence-electron chi connectivity index (χ0n) is 15.9. The summed E-state index contributed by atoms with van der Waals surface area (Å²) < 4.78 is 25.7. The van der Waals surface area contributed by atoms with Gasteiger partial charge in [0.05, 0.1) is 5.75 Å². The number of piperidine rings is 1. The highest BCUT2D eigenvalue weighted by Gasteiger charge is 2.26. The minimum absolute atomic E-state index is 0.105. The van der Waals surface area contributed by atoms with Gasteiger partial charge in [0, 0.05) is 17.6 Å². The summed E-state index contributed by atoms with van der Waals surface area (Å²) >= 11 is 3.35. The van der Waals surface area contributed by atoms with Gasteiger partial charge in [-0.15, -0.1) is 0 Å². The van der Waals surface area contributed by atoms with Gasteiger partial charge in [-0.2, -0.15) is 0 Å². The molecule has 2 aromatic rings. The molecule has 2 aromatic carbocycles. The van der Waals surface area contributed by atoms with E-state index in [0.717, 1.165) is 30.2 Å². The third-order valence-electron chi connectivity index (χ3n) is 5.27. The van der Waals surface area contributed by atoms with Crippen LogP contribution < -0.4 is 0 Å². The van der Waals surface area contributed by atoms with E-state index >= 15 is 0 Å². The molecule has 0 N–H and O–H groups in total. The van der Waals surface area contributed by atoms with Crippen molar-refractivity contribution in [3.63, 3.8) is 0 Å². The van der Waals surface area contributed by atoms with Crippen LogP contribution in [0.25, 0.3) is 0 Å². The first-order chi connectivity index (χ1) is 13.4. The smallest absolute Gasteiger partial charge is 0.237 e. The summed E-state index contributed by atoms with van der Waals surface area (Å²) in [5.74, 6) is -0.182. The molecule has 1 amide bonds. The van der Waals surface area contributed by atoms with Crippen molar-refractivity contribution in [1.29, 1.82) is 0 Å². The standard InChI is InChI=1S/C22H26BrNO3S/c23-21-8-4-7-20(15-21)16-28(26,27)17-22(25)24-13-11-19(12-14-24)10-9-18-5-2-1-3-6-18/h1-8,15,19H,9-14,16-17H2. The number of nitrogens with zero attached hydrogens (tertiary/aromatic N) is 1. The van der Waals surface area contributed by atoms with Crippen LogP contribution in [-0.4, -0.2) is 38.1 Å². The van der Waals surface area contributed by atoms with Crippen molar-refractivity contribution in [1.82, 2.24) is 4.90 Å². The summed E-state index contributed by atoms with van der Waals surface area (Å²) in [6, 6.07) is 17.6. The number of benzene rings is 2. The molecule has 0 unspecified atom stereocenters. The minimum atomic E-state index is -3.47. The molecule has 1 aliphatic heterocycles. The number of halogens is 1. The Bertz CT molecular complexity index is 891. The molecule has 150 valence electrons. The van der Waals surface area contributed by atoms with E-state index in [9.17, 15) is 13.2 Å². The maximum Gasteiger partial charge on any atom is 0.237 e. The first-order valence-corrected chi connectivity index (χ1v) is 12.3. The molecule has 28 heavy (non-hydrogen) atoms. The van der Waals surface area contributed by atoms with Gasteiger partial charge in [0.1, 0.15) is 5.75 Å². The molecular weight excluding hydrogens is 438 g/mol. The second-order valence-corrected chi connectivity index (χ2v) is 10.5. The topological polar surface area (TPSA) is 54.5 Å². The highest BCUT2D eigenvalue weighted by atomic mass is 79.9. The largest absolute Gasteiger partial charge is 0.342 e. The van der Waals surface area contributed by atoms with Crippen molar-refractivity contribution in [2.75, 3.05) is 18.8 Å². The molecule has 6 heteroatoms. The van der Waals surface area contributed by atoms with Gasteiger partial charge < -0.3 is 4.90 Å². The van der Waals surface area contributed by atoms with Crippen molar-refractivity contribution in [2.24, 2.45) is 5.92 Å². The average molecular weight is 464 g/mol. The fourth-order valence-corrected chi connectivity index (χ4v) is 5.49. The van der Waals surface area contributed by atoms with E-state index in [1.807, 2.05) is 12.1 Å². The number of hydrogen-bond donors (Lipinski definition) is 0. The van der Waals surface area contributed by atoms with E-state index in [0.29, 0.717) is 24.6 Å². The zero-order chi connectivity index (χ0) is 20.0. The Hall–Kier alpha value is -1.66. The summed E-state index contributed by atoms with van der Waals surface area (Å²) in [5.41, 5.74) is 2.04. The minimum Gasteiger partial charge on any atom is -0.342 e. The van der Waals surface area contributed by atoms with Crippen LogP contribution in [0.4, 0.5) is 0 Å². The lowest BCUT2D eigenvalue weighted by atomic mass is 9.90. The SMILES string of the molecule is O=C(CS(=O)(=O)Cc1cccc(Br)c1)N1CCC(CCc2ccccc2)CC1. The average Bonchev–Trinajstić information content (AvgIpc) is 2.67. The predicted octanol–water partition coefficient (Wildman–Crippen LogP) is 4.24. The van der Waals surface area contributed by atoms with Crippen molar-refractivity contribution in [3.05, 3.63) is 70.2 Å². The van der Waals surface area contributed by atoms with Crippen LogP contribution in [0, 0.1) is 5.92 Å². The normalized spacial score (nSPS) is 15.5. The third kappa shape index (κ3) is 6.45. The molecule has 1 aliphatic rings. The molecule has 0 atom stereocenters. The molecule has 3 rings (SSSR count). The lowest BCUT2D eigenvalue weighted by Gasteiger charge is -2.32. The Morgan fingerprint density at radius 2 is 1.68 bits per heavy atom. The van der Waals surface area contributed by atoms with Crippen molar-refractivity contribution in [2.45, 2.75) is 31.4 Å². The fraction of sp³-hybridized carbons (Fsp3) is 0.409. The Kier molecular flexibility index (Phi) is 7.30. The summed E-state index contributed by atoms with van der Waals surface area (Å²) in [6.07, 6.45) is 4.07. The van der Waals surface area contributed by atoms with E-state index in [4.69, 9.17) is 0 Å². The lowest BCUT2D eigenvalue weighted by Crippen LogP contribution is -2.41. The van der Waals surface area contributed by atoms with E-state index in [2.05, 4.69) is 40.2 Å². The molecule has 0 aromatic heterocycles. The highest BCUT2D eigenvalue weighted by Crippen LogP contribution is 2.23.